The van der Waals surface area contributed by atoms with Crippen LogP contribution in [-0.4, -0.2) is 45.1 Å². The zero-order valence-electron chi connectivity index (χ0n) is 13.1. The summed E-state index contributed by atoms with van der Waals surface area (Å²) in [4.78, 5) is 14.2. The Kier molecular flexibility index (Phi) is 5.81. The number of hydrogen-bond acceptors (Lipinski definition) is 3. The zero-order chi connectivity index (χ0) is 17.2. The number of benzene rings is 1. The number of sulfonamides is 1. The fourth-order valence-electron chi connectivity index (χ4n) is 2.55. The van der Waals surface area contributed by atoms with Crippen molar-refractivity contribution < 1.29 is 13.2 Å². The van der Waals surface area contributed by atoms with Gasteiger partial charge in [-0.1, -0.05) is 30.1 Å². The van der Waals surface area contributed by atoms with Gasteiger partial charge in [-0.2, -0.15) is 0 Å². The highest BCUT2D eigenvalue weighted by Gasteiger charge is 2.27. The number of rotatable bonds is 4. The molecule has 0 atom stereocenters. The van der Waals surface area contributed by atoms with Crippen LogP contribution in [0.3, 0.4) is 0 Å². The lowest BCUT2D eigenvalue weighted by molar-refractivity contribution is -0.130. The highest BCUT2D eigenvalue weighted by Crippen LogP contribution is 2.30. The van der Waals surface area contributed by atoms with Crippen LogP contribution in [0.25, 0.3) is 0 Å². The minimum Gasteiger partial charge on any atom is -0.341 e. The number of piperidine rings is 1. The first-order valence-corrected chi connectivity index (χ1v) is 9.99. The van der Waals surface area contributed by atoms with Crippen molar-refractivity contribution in [3.05, 3.63) is 28.2 Å². The summed E-state index contributed by atoms with van der Waals surface area (Å²) >= 11 is 12.0. The second kappa shape index (κ2) is 7.28. The Labute approximate surface area is 147 Å². The van der Waals surface area contributed by atoms with Crippen molar-refractivity contribution in [2.75, 3.05) is 30.2 Å². The SMILES string of the molecule is CC1CCN(C(=O)CN(c2ccc(Cl)cc2Cl)S(C)(=O)=O)CC1. The summed E-state index contributed by atoms with van der Waals surface area (Å²) in [5.41, 5.74) is 0.261. The van der Waals surface area contributed by atoms with Crippen LogP contribution in [0.15, 0.2) is 18.2 Å². The van der Waals surface area contributed by atoms with Gasteiger partial charge in [0.15, 0.2) is 0 Å². The fourth-order valence-corrected chi connectivity index (χ4v) is 3.97. The lowest BCUT2D eigenvalue weighted by Gasteiger charge is -2.32. The summed E-state index contributed by atoms with van der Waals surface area (Å²) in [5.74, 6) is 0.379. The molecule has 1 saturated heterocycles. The van der Waals surface area contributed by atoms with Crippen LogP contribution >= 0.6 is 23.2 Å². The first kappa shape index (κ1) is 18.4. The Morgan fingerprint density at radius 1 is 1.30 bits per heavy atom. The van der Waals surface area contributed by atoms with Gasteiger partial charge < -0.3 is 4.90 Å². The number of anilines is 1. The summed E-state index contributed by atoms with van der Waals surface area (Å²) < 4.78 is 25.2. The van der Waals surface area contributed by atoms with Crippen LogP contribution in [0.4, 0.5) is 5.69 Å². The number of halogens is 2. The normalized spacial score (nSPS) is 16.4. The Hall–Kier alpha value is -0.980. The quantitative estimate of drug-likeness (QED) is 0.808. The number of likely N-dealkylation sites (tertiary alicyclic amines) is 1. The third kappa shape index (κ3) is 4.75. The van der Waals surface area contributed by atoms with E-state index in [1.807, 2.05) is 0 Å². The fraction of sp³-hybridized carbons (Fsp3) is 0.533. The molecule has 5 nitrogen and oxygen atoms in total. The Balaban J connectivity index is 2.21. The van der Waals surface area contributed by atoms with E-state index in [-0.39, 0.29) is 23.2 Å². The third-order valence-electron chi connectivity index (χ3n) is 3.99. The molecule has 0 unspecified atom stereocenters. The molecule has 128 valence electrons. The molecule has 0 aliphatic carbocycles. The van der Waals surface area contributed by atoms with E-state index in [2.05, 4.69) is 6.92 Å². The summed E-state index contributed by atoms with van der Waals surface area (Å²) in [6, 6.07) is 4.52. The molecule has 8 heteroatoms. The summed E-state index contributed by atoms with van der Waals surface area (Å²) in [5, 5.41) is 0.603. The lowest BCUT2D eigenvalue weighted by atomic mass is 9.99. The summed E-state index contributed by atoms with van der Waals surface area (Å²) in [7, 11) is -3.64. The topological polar surface area (TPSA) is 57.7 Å². The number of carbonyl (C=O) groups excluding carboxylic acids is 1. The standard InChI is InChI=1S/C15H20Cl2N2O3S/c1-11-5-7-18(8-6-11)15(20)10-19(23(2,21)22)14-4-3-12(16)9-13(14)17/h3-4,9,11H,5-8,10H2,1-2H3. The predicted octanol–water partition coefficient (Wildman–Crippen LogP) is 3.02. The lowest BCUT2D eigenvalue weighted by Crippen LogP contribution is -2.45. The van der Waals surface area contributed by atoms with E-state index < -0.39 is 10.0 Å². The molecule has 1 heterocycles. The Bertz CT molecular complexity index is 686. The van der Waals surface area contributed by atoms with Gasteiger partial charge >= 0.3 is 0 Å². The Morgan fingerprint density at radius 3 is 2.43 bits per heavy atom. The maximum absolute atomic E-state index is 12.5. The first-order valence-electron chi connectivity index (χ1n) is 7.39. The van der Waals surface area contributed by atoms with Crippen LogP contribution in [0.5, 0.6) is 0 Å². The molecule has 2 rings (SSSR count). The summed E-state index contributed by atoms with van der Waals surface area (Å²) in [6.45, 7) is 3.21. The predicted molar refractivity (Wildman–Crippen MR) is 93.6 cm³/mol. The highest BCUT2D eigenvalue weighted by atomic mass is 35.5. The number of carbonyl (C=O) groups is 1. The van der Waals surface area contributed by atoms with Crippen molar-refractivity contribution in [1.29, 1.82) is 0 Å². The molecular weight excluding hydrogens is 359 g/mol. The largest absolute Gasteiger partial charge is 0.341 e. The van der Waals surface area contributed by atoms with E-state index in [1.165, 1.54) is 12.1 Å². The van der Waals surface area contributed by atoms with Crippen LogP contribution in [0.2, 0.25) is 10.0 Å². The van der Waals surface area contributed by atoms with E-state index >= 15 is 0 Å². The van der Waals surface area contributed by atoms with Crippen LogP contribution in [-0.2, 0) is 14.8 Å². The van der Waals surface area contributed by atoms with Crippen molar-refractivity contribution in [3.8, 4) is 0 Å². The smallest absolute Gasteiger partial charge is 0.243 e. The van der Waals surface area contributed by atoms with E-state index in [4.69, 9.17) is 23.2 Å². The first-order chi connectivity index (χ1) is 10.7. The van der Waals surface area contributed by atoms with Gasteiger partial charge in [0.25, 0.3) is 0 Å². The van der Waals surface area contributed by atoms with Crippen molar-refractivity contribution in [3.63, 3.8) is 0 Å². The number of amides is 1. The van der Waals surface area contributed by atoms with Crippen LogP contribution < -0.4 is 4.31 Å². The van der Waals surface area contributed by atoms with Crippen molar-refractivity contribution in [1.82, 2.24) is 4.90 Å². The average molecular weight is 379 g/mol. The van der Waals surface area contributed by atoms with Crippen LogP contribution in [0.1, 0.15) is 19.8 Å². The minimum absolute atomic E-state index is 0.197. The van der Waals surface area contributed by atoms with Gasteiger partial charge in [0.05, 0.1) is 17.0 Å². The number of nitrogens with zero attached hydrogens (tertiary/aromatic N) is 2. The molecule has 0 aromatic heterocycles. The van der Waals surface area contributed by atoms with Crippen molar-refractivity contribution in [2.24, 2.45) is 5.92 Å². The maximum atomic E-state index is 12.5. The number of hydrogen-bond donors (Lipinski definition) is 0. The van der Waals surface area contributed by atoms with Crippen LogP contribution in [0, 0.1) is 5.92 Å². The molecule has 0 spiro atoms. The molecule has 1 aromatic carbocycles. The van der Waals surface area contributed by atoms with Crippen molar-refractivity contribution >= 4 is 44.8 Å². The molecule has 1 aromatic rings. The summed E-state index contributed by atoms with van der Waals surface area (Å²) in [6.07, 6.45) is 2.93. The zero-order valence-corrected chi connectivity index (χ0v) is 15.5. The molecule has 0 saturated carbocycles. The Morgan fingerprint density at radius 2 is 1.91 bits per heavy atom. The minimum atomic E-state index is -3.64. The maximum Gasteiger partial charge on any atom is 0.243 e. The highest BCUT2D eigenvalue weighted by molar-refractivity contribution is 7.92. The van der Waals surface area contributed by atoms with E-state index in [9.17, 15) is 13.2 Å². The monoisotopic (exact) mass is 378 g/mol. The molecular formula is C15H20Cl2N2O3S. The van der Waals surface area contributed by atoms with Gasteiger partial charge in [-0.3, -0.25) is 9.10 Å². The van der Waals surface area contributed by atoms with Gasteiger partial charge in [-0.15, -0.1) is 0 Å². The molecule has 1 aliphatic heterocycles. The molecule has 1 aliphatic rings. The van der Waals surface area contributed by atoms with Gasteiger partial charge in [0.1, 0.15) is 6.54 Å². The van der Waals surface area contributed by atoms with E-state index in [1.54, 1.807) is 11.0 Å². The molecule has 1 amide bonds. The van der Waals surface area contributed by atoms with Gasteiger partial charge in [0, 0.05) is 18.1 Å². The molecule has 0 N–H and O–H groups in total. The third-order valence-corrected chi connectivity index (χ3v) is 5.66. The van der Waals surface area contributed by atoms with Gasteiger partial charge in [-0.25, -0.2) is 8.42 Å². The molecule has 23 heavy (non-hydrogen) atoms. The second-order valence-corrected chi connectivity index (χ2v) is 8.68. The van der Waals surface area contributed by atoms with Crippen molar-refractivity contribution in [2.45, 2.75) is 19.8 Å². The molecule has 1 fully saturated rings. The van der Waals surface area contributed by atoms with Gasteiger partial charge in [-0.05, 0) is 37.0 Å². The molecule has 0 radical (unpaired) electrons. The average Bonchev–Trinajstić information content (AvgIpc) is 2.45. The molecule has 0 bridgehead atoms. The second-order valence-electron chi connectivity index (χ2n) is 5.93. The van der Waals surface area contributed by atoms with Gasteiger partial charge in [0.2, 0.25) is 15.9 Å². The van der Waals surface area contributed by atoms with E-state index in [0.29, 0.717) is 24.0 Å². The van der Waals surface area contributed by atoms with E-state index in [0.717, 1.165) is 23.4 Å².